The van der Waals surface area contributed by atoms with Crippen LogP contribution >= 0.6 is 0 Å². The maximum Gasteiger partial charge on any atom is 0.408 e. The van der Waals surface area contributed by atoms with Gasteiger partial charge < -0.3 is 31.1 Å². The van der Waals surface area contributed by atoms with E-state index in [1.807, 2.05) is 13.8 Å². The van der Waals surface area contributed by atoms with E-state index in [9.17, 15) is 48.3 Å². The minimum atomic E-state index is -1.11. The predicted molar refractivity (Wildman–Crippen MR) is 241 cm³/mol. The summed E-state index contributed by atoms with van der Waals surface area (Å²) < 4.78 is 5.31. The Hall–Kier alpha value is -7.43. The molecule has 0 bridgehead atoms. The number of alkyl carbamates (subject to hydrolysis) is 1. The number of hydrogen-bond acceptors (Lipinski definition) is 10. The SMILES string of the molecule is CC(C)C[C@H](NC(=O)[C@@H](NC(=O)OC(C)(C)C)C(C)C)C(=O)N[C@@H](C)C(=O)NCc1ccc(CN2C(=O)c3ccc4c5c(ccc(c35)C2=O)C(=O)N(Cc2ccc(C(=O)O)cc2)C4=O)cc1. The van der Waals surface area contributed by atoms with Crippen LogP contribution in [0.1, 0.15) is 130 Å². The summed E-state index contributed by atoms with van der Waals surface area (Å²) in [6.45, 7) is 13.8. The van der Waals surface area contributed by atoms with E-state index < -0.39 is 77.1 Å². The normalized spacial score (nSPS) is 14.8. The number of nitrogens with zero attached hydrogens (tertiary/aromatic N) is 2. The van der Waals surface area contributed by atoms with Crippen molar-refractivity contribution in [2.75, 3.05) is 0 Å². The fourth-order valence-corrected chi connectivity index (χ4v) is 7.80. The third kappa shape index (κ3) is 10.6. The van der Waals surface area contributed by atoms with Crippen molar-refractivity contribution < 1.29 is 53.0 Å². The van der Waals surface area contributed by atoms with Crippen molar-refractivity contribution in [3.8, 4) is 0 Å². The Kier molecular flexibility index (Phi) is 14.1. The van der Waals surface area contributed by atoms with E-state index in [4.69, 9.17) is 4.74 Å². The molecule has 6 rings (SSSR count). The second-order valence-electron chi connectivity index (χ2n) is 18.3. The first-order valence-electron chi connectivity index (χ1n) is 21.6. The average molecular weight is 903 g/mol. The second-order valence-corrected chi connectivity index (χ2v) is 18.3. The van der Waals surface area contributed by atoms with Crippen molar-refractivity contribution in [2.24, 2.45) is 11.8 Å². The van der Waals surface area contributed by atoms with E-state index in [1.54, 1.807) is 58.9 Å². The van der Waals surface area contributed by atoms with Gasteiger partial charge >= 0.3 is 12.1 Å². The Labute approximate surface area is 381 Å². The van der Waals surface area contributed by atoms with Gasteiger partial charge in [-0.05, 0) is 99.0 Å². The third-order valence-corrected chi connectivity index (χ3v) is 11.1. The molecule has 0 aromatic heterocycles. The lowest BCUT2D eigenvalue weighted by Gasteiger charge is -2.32. The Morgan fingerprint density at radius 1 is 0.591 bits per heavy atom. The van der Waals surface area contributed by atoms with Crippen LogP contribution in [0.4, 0.5) is 4.79 Å². The van der Waals surface area contributed by atoms with Crippen molar-refractivity contribution in [3.05, 3.63) is 117 Å². The van der Waals surface area contributed by atoms with Gasteiger partial charge in [-0.2, -0.15) is 0 Å². The first kappa shape index (κ1) is 48.0. The molecule has 17 heteroatoms. The number of benzene rings is 4. The average Bonchev–Trinajstić information content (AvgIpc) is 3.25. The molecule has 0 saturated heterocycles. The number of carboxylic acid groups (broad SMARTS) is 1. The summed E-state index contributed by atoms with van der Waals surface area (Å²) in [6.07, 6.45) is -0.496. The van der Waals surface area contributed by atoms with Gasteiger partial charge in [-0.3, -0.25) is 43.4 Å². The van der Waals surface area contributed by atoms with Crippen LogP contribution in [0.25, 0.3) is 10.8 Å². The molecule has 66 heavy (non-hydrogen) atoms. The number of amides is 8. The summed E-state index contributed by atoms with van der Waals surface area (Å²) in [6, 6.07) is 15.6. The van der Waals surface area contributed by atoms with Crippen LogP contribution in [0.15, 0.2) is 72.8 Å². The van der Waals surface area contributed by atoms with Gasteiger partial charge in [-0.1, -0.05) is 64.1 Å². The van der Waals surface area contributed by atoms with Gasteiger partial charge in [0.2, 0.25) is 17.7 Å². The van der Waals surface area contributed by atoms with Crippen molar-refractivity contribution in [1.82, 2.24) is 31.1 Å². The molecule has 0 radical (unpaired) electrons. The number of ether oxygens (including phenoxy) is 1. The maximum atomic E-state index is 13.9. The molecular formula is C49H54N6O11. The van der Waals surface area contributed by atoms with Gasteiger partial charge in [-0.15, -0.1) is 0 Å². The van der Waals surface area contributed by atoms with E-state index in [0.717, 1.165) is 9.80 Å². The smallest absolute Gasteiger partial charge is 0.408 e. The number of aromatic carboxylic acids is 1. The number of carbonyl (C=O) groups excluding carboxylic acids is 8. The highest BCUT2D eigenvalue weighted by atomic mass is 16.6. The summed E-state index contributed by atoms with van der Waals surface area (Å²) in [7, 11) is 0. The molecule has 346 valence electrons. The molecule has 2 aliphatic rings. The van der Waals surface area contributed by atoms with Gasteiger partial charge in [0.15, 0.2) is 0 Å². The van der Waals surface area contributed by atoms with Gasteiger partial charge in [0.1, 0.15) is 23.7 Å². The summed E-state index contributed by atoms with van der Waals surface area (Å²) in [4.78, 5) is 121. The lowest BCUT2D eigenvalue weighted by molar-refractivity contribution is -0.133. The first-order chi connectivity index (χ1) is 31.0. The van der Waals surface area contributed by atoms with E-state index in [2.05, 4.69) is 21.3 Å². The second kappa shape index (κ2) is 19.4. The van der Waals surface area contributed by atoms with Gasteiger partial charge in [0.25, 0.3) is 23.6 Å². The summed E-state index contributed by atoms with van der Waals surface area (Å²) in [5.74, 6) is -5.48. The molecule has 5 N–H and O–H groups in total. The molecule has 0 spiro atoms. The van der Waals surface area contributed by atoms with E-state index in [1.165, 1.54) is 55.5 Å². The van der Waals surface area contributed by atoms with Crippen LogP contribution in [0.5, 0.6) is 0 Å². The predicted octanol–water partition coefficient (Wildman–Crippen LogP) is 5.33. The minimum Gasteiger partial charge on any atom is -0.478 e. The highest BCUT2D eigenvalue weighted by Crippen LogP contribution is 2.38. The number of imide groups is 2. The fourth-order valence-electron chi connectivity index (χ4n) is 7.80. The van der Waals surface area contributed by atoms with Crippen molar-refractivity contribution in [3.63, 3.8) is 0 Å². The molecule has 4 aromatic carbocycles. The summed E-state index contributed by atoms with van der Waals surface area (Å²) in [5.41, 5.74) is 1.76. The number of carbonyl (C=O) groups is 9. The van der Waals surface area contributed by atoms with Crippen LogP contribution < -0.4 is 21.3 Å². The number of hydrogen-bond donors (Lipinski definition) is 5. The Morgan fingerprint density at radius 2 is 1.03 bits per heavy atom. The molecule has 2 heterocycles. The Morgan fingerprint density at radius 3 is 1.44 bits per heavy atom. The highest BCUT2D eigenvalue weighted by molar-refractivity contribution is 6.33. The van der Waals surface area contributed by atoms with E-state index in [-0.39, 0.29) is 76.5 Å². The molecule has 3 atom stereocenters. The van der Waals surface area contributed by atoms with E-state index in [0.29, 0.717) is 16.7 Å². The number of rotatable bonds is 16. The fraction of sp³-hybridized carbons (Fsp3) is 0.367. The lowest BCUT2D eigenvalue weighted by atomic mass is 9.85. The molecule has 0 fully saturated rings. The molecule has 0 unspecified atom stereocenters. The van der Waals surface area contributed by atoms with Crippen LogP contribution in [0.2, 0.25) is 0 Å². The van der Waals surface area contributed by atoms with Gasteiger partial charge in [-0.25, -0.2) is 9.59 Å². The summed E-state index contributed by atoms with van der Waals surface area (Å²) in [5, 5.41) is 20.5. The zero-order chi connectivity index (χ0) is 48.4. The molecular weight excluding hydrogens is 849 g/mol. The first-order valence-corrected chi connectivity index (χ1v) is 21.6. The monoisotopic (exact) mass is 902 g/mol. The van der Waals surface area contributed by atoms with Crippen molar-refractivity contribution in [2.45, 2.75) is 105 Å². The van der Waals surface area contributed by atoms with Crippen molar-refractivity contribution >= 4 is 64.2 Å². The Bertz CT molecular complexity index is 2560. The minimum absolute atomic E-state index is 0.000408. The largest absolute Gasteiger partial charge is 0.478 e. The molecule has 4 aromatic rings. The standard InChI is InChI=1S/C49H54N6O11/c1-25(2)21-36(52-42(58)39(26(3)4)53-48(65)66-49(6,7)8)41(57)51-27(5)40(56)50-22-28-9-11-29(12-10-28)23-54-43(59)32-17-19-34-38-35(20-18-33(37(32)38)44(54)60)46(62)55(45(34)61)24-30-13-15-31(16-14-30)47(63)64/h9-20,25-27,36,39H,21-24H2,1-8H3,(H,50,56)(H,51,57)(H,52,58)(H,53,65)(H,63,64)/t27-,36-,39-/m0/s1. The zero-order valence-corrected chi connectivity index (χ0v) is 38.1. The van der Waals surface area contributed by atoms with Crippen LogP contribution in [0, 0.1) is 11.8 Å². The molecule has 0 aliphatic carbocycles. The Balaban J connectivity index is 1.06. The zero-order valence-electron chi connectivity index (χ0n) is 38.1. The van der Waals surface area contributed by atoms with Crippen LogP contribution in [0.3, 0.4) is 0 Å². The lowest BCUT2D eigenvalue weighted by Crippen LogP contribution is -2.57. The maximum absolute atomic E-state index is 13.9. The third-order valence-electron chi connectivity index (χ3n) is 11.1. The van der Waals surface area contributed by atoms with Gasteiger partial charge in [0.05, 0.1) is 18.7 Å². The van der Waals surface area contributed by atoms with Crippen molar-refractivity contribution in [1.29, 1.82) is 0 Å². The molecule has 8 amide bonds. The van der Waals surface area contributed by atoms with Crippen LogP contribution in [-0.4, -0.2) is 92.0 Å². The number of nitrogens with one attached hydrogen (secondary N) is 4. The quantitative estimate of drug-likeness (QED) is 0.0901. The molecule has 17 nitrogen and oxygen atoms in total. The molecule has 0 saturated carbocycles. The number of carboxylic acids is 1. The summed E-state index contributed by atoms with van der Waals surface area (Å²) >= 11 is 0. The van der Waals surface area contributed by atoms with Crippen LogP contribution in [-0.2, 0) is 38.8 Å². The van der Waals surface area contributed by atoms with Gasteiger partial charge in [0, 0.05) is 39.6 Å². The molecule has 2 aliphatic heterocycles. The topological polar surface area (TPSA) is 238 Å². The van der Waals surface area contributed by atoms with E-state index >= 15 is 0 Å². The highest BCUT2D eigenvalue weighted by Gasteiger charge is 2.40.